The molecule has 1 aromatic carbocycles. The normalized spacial score (nSPS) is 16.2. The van der Waals surface area contributed by atoms with E-state index >= 15 is 0 Å². The topological polar surface area (TPSA) is 23.3 Å². The fraction of sp³-hybridized carbons (Fsp3) is 0.238. The van der Waals surface area contributed by atoms with Crippen LogP contribution >= 0.6 is 0 Å². The van der Waals surface area contributed by atoms with Crippen LogP contribution in [0.15, 0.2) is 60.9 Å². The fourth-order valence-electron chi connectivity index (χ4n) is 3.70. The molecular formula is C21H23N4+. The number of pyridine rings is 2. The van der Waals surface area contributed by atoms with Crippen molar-refractivity contribution in [1.29, 1.82) is 0 Å². The van der Waals surface area contributed by atoms with Crippen LogP contribution in [-0.2, 0) is 7.05 Å². The molecule has 0 amide bonds. The summed E-state index contributed by atoms with van der Waals surface area (Å²) < 4.78 is 2.27. The first-order valence-corrected chi connectivity index (χ1v) is 8.60. The number of rotatable bonds is 2. The first kappa shape index (κ1) is 15.6. The minimum Gasteiger partial charge on any atom is -0.333 e. The van der Waals surface area contributed by atoms with E-state index in [1.807, 2.05) is 12.4 Å². The molecule has 1 aliphatic rings. The summed E-state index contributed by atoms with van der Waals surface area (Å²) in [7, 11) is 4.27. The van der Waals surface area contributed by atoms with Crippen molar-refractivity contribution in [1.82, 2.24) is 4.98 Å². The Balaban J connectivity index is 1.88. The summed E-state index contributed by atoms with van der Waals surface area (Å²) in [5.41, 5.74) is 6.11. The van der Waals surface area contributed by atoms with E-state index < -0.39 is 0 Å². The van der Waals surface area contributed by atoms with Crippen LogP contribution in [0.5, 0.6) is 0 Å². The number of anilines is 3. The average molecular weight is 331 g/mol. The third-order valence-corrected chi connectivity index (χ3v) is 5.22. The van der Waals surface area contributed by atoms with E-state index in [1.165, 1.54) is 22.5 Å². The van der Waals surface area contributed by atoms with Gasteiger partial charge in [-0.25, -0.2) is 9.47 Å². The summed E-state index contributed by atoms with van der Waals surface area (Å²) in [6, 6.07) is 17.1. The fourth-order valence-corrected chi connectivity index (χ4v) is 3.70. The third kappa shape index (κ3) is 2.37. The predicted octanol–water partition coefficient (Wildman–Crippen LogP) is 3.82. The highest BCUT2D eigenvalue weighted by molar-refractivity contribution is 5.81. The number of fused-ring (bicyclic) bond motifs is 1. The molecular weight excluding hydrogens is 308 g/mol. The third-order valence-electron chi connectivity index (χ3n) is 5.22. The smallest absolute Gasteiger partial charge is 0.283 e. The Hall–Kier alpha value is -2.88. The molecule has 0 saturated carbocycles. The van der Waals surface area contributed by atoms with Crippen molar-refractivity contribution < 1.29 is 4.57 Å². The summed E-state index contributed by atoms with van der Waals surface area (Å²) in [6.07, 6.45) is 4.04. The molecule has 0 bridgehead atoms. The van der Waals surface area contributed by atoms with Gasteiger partial charge >= 0.3 is 0 Å². The maximum Gasteiger partial charge on any atom is 0.283 e. The summed E-state index contributed by atoms with van der Waals surface area (Å²) in [6.45, 7) is 4.38. The Morgan fingerprint density at radius 3 is 2.60 bits per heavy atom. The van der Waals surface area contributed by atoms with Crippen molar-refractivity contribution in [2.45, 2.75) is 20.0 Å². The Morgan fingerprint density at radius 1 is 1.00 bits per heavy atom. The molecule has 3 aromatic rings. The van der Waals surface area contributed by atoms with Crippen molar-refractivity contribution in [3.63, 3.8) is 0 Å². The first-order valence-electron chi connectivity index (χ1n) is 8.60. The SMILES string of the molecule is Cc1ccccc1-c1cccc(N2c3cnccc3N(C)[C@H]2C)[n+]1C. The van der Waals surface area contributed by atoms with Gasteiger partial charge in [0.1, 0.15) is 5.69 Å². The Bertz CT molecular complexity index is 935. The molecule has 0 radical (unpaired) electrons. The second kappa shape index (κ2) is 5.88. The molecule has 0 unspecified atom stereocenters. The van der Waals surface area contributed by atoms with E-state index in [4.69, 9.17) is 0 Å². The van der Waals surface area contributed by atoms with Gasteiger partial charge < -0.3 is 4.90 Å². The van der Waals surface area contributed by atoms with Gasteiger partial charge in [0.25, 0.3) is 5.82 Å². The molecule has 25 heavy (non-hydrogen) atoms. The van der Waals surface area contributed by atoms with Crippen LogP contribution in [0.25, 0.3) is 11.3 Å². The first-order chi connectivity index (χ1) is 12.1. The van der Waals surface area contributed by atoms with Crippen molar-refractivity contribution in [2.24, 2.45) is 7.05 Å². The number of nitrogens with zero attached hydrogens (tertiary/aromatic N) is 4. The zero-order valence-corrected chi connectivity index (χ0v) is 15.1. The predicted molar refractivity (Wildman–Crippen MR) is 102 cm³/mol. The molecule has 0 spiro atoms. The van der Waals surface area contributed by atoms with Gasteiger partial charge in [-0.2, -0.15) is 0 Å². The number of aromatic nitrogens is 2. The minimum absolute atomic E-state index is 0.234. The lowest BCUT2D eigenvalue weighted by Crippen LogP contribution is -2.44. The van der Waals surface area contributed by atoms with Crippen LogP contribution in [0.3, 0.4) is 0 Å². The largest absolute Gasteiger partial charge is 0.333 e. The monoisotopic (exact) mass is 331 g/mol. The zero-order valence-electron chi connectivity index (χ0n) is 15.1. The number of hydrogen-bond donors (Lipinski definition) is 0. The van der Waals surface area contributed by atoms with Gasteiger partial charge in [0.15, 0.2) is 11.9 Å². The van der Waals surface area contributed by atoms with Crippen LogP contribution in [0.4, 0.5) is 17.2 Å². The van der Waals surface area contributed by atoms with Crippen LogP contribution in [0.1, 0.15) is 12.5 Å². The van der Waals surface area contributed by atoms with Gasteiger partial charge in [-0.3, -0.25) is 4.98 Å². The summed E-state index contributed by atoms with van der Waals surface area (Å²) in [5.74, 6) is 1.16. The van der Waals surface area contributed by atoms with Crippen molar-refractivity contribution in [2.75, 3.05) is 16.8 Å². The van der Waals surface area contributed by atoms with Crippen molar-refractivity contribution in [3.05, 3.63) is 66.5 Å². The summed E-state index contributed by atoms with van der Waals surface area (Å²) in [5, 5.41) is 0. The van der Waals surface area contributed by atoms with Crippen molar-refractivity contribution in [3.8, 4) is 11.3 Å². The van der Waals surface area contributed by atoms with Gasteiger partial charge in [0.05, 0.1) is 18.9 Å². The van der Waals surface area contributed by atoms with Gasteiger partial charge in [-0.1, -0.05) is 24.3 Å². The molecule has 0 saturated heterocycles. The molecule has 2 aromatic heterocycles. The second-order valence-corrected chi connectivity index (χ2v) is 6.62. The molecule has 1 aliphatic heterocycles. The van der Waals surface area contributed by atoms with Gasteiger partial charge in [-0.15, -0.1) is 0 Å². The highest BCUT2D eigenvalue weighted by atomic mass is 15.4. The highest BCUT2D eigenvalue weighted by Gasteiger charge is 2.39. The number of benzene rings is 1. The molecule has 1 atom stereocenters. The number of aryl methyl sites for hydroxylation is 1. The van der Waals surface area contributed by atoms with Gasteiger partial charge in [0.2, 0.25) is 0 Å². The lowest BCUT2D eigenvalue weighted by molar-refractivity contribution is -0.647. The van der Waals surface area contributed by atoms with Crippen LogP contribution in [0, 0.1) is 6.92 Å². The van der Waals surface area contributed by atoms with E-state index in [0.717, 1.165) is 11.5 Å². The zero-order chi connectivity index (χ0) is 17.6. The molecule has 126 valence electrons. The second-order valence-electron chi connectivity index (χ2n) is 6.62. The summed E-state index contributed by atoms with van der Waals surface area (Å²) >= 11 is 0. The lowest BCUT2D eigenvalue weighted by atomic mass is 10.0. The maximum atomic E-state index is 4.35. The minimum atomic E-state index is 0.234. The van der Waals surface area contributed by atoms with Crippen molar-refractivity contribution >= 4 is 17.2 Å². The molecule has 0 N–H and O–H groups in total. The van der Waals surface area contributed by atoms with E-state index in [0.29, 0.717) is 0 Å². The molecule has 3 heterocycles. The Labute approximate surface area is 149 Å². The quantitative estimate of drug-likeness (QED) is 0.667. The van der Waals surface area contributed by atoms with E-state index in [-0.39, 0.29) is 6.17 Å². The molecule has 4 nitrogen and oxygen atoms in total. The van der Waals surface area contributed by atoms with Crippen LogP contribution < -0.4 is 14.4 Å². The Morgan fingerprint density at radius 2 is 1.80 bits per heavy atom. The van der Waals surface area contributed by atoms with E-state index in [9.17, 15) is 0 Å². The molecule has 4 heteroatoms. The summed E-state index contributed by atoms with van der Waals surface area (Å²) in [4.78, 5) is 8.99. The lowest BCUT2D eigenvalue weighted by Gasteiger charge is -2.22. The molecule has 4 rings (SSSR count). The van der Waals surface area contributed by atoms with Gasteiger partial charge in [-0.05, 0) is 37.6 Å². The number of hydrogen-bond acceptors (Lipinski definition) is 3. The van der Waals surface area contributed by atoms with Gasteiger partial charge in [0, 0.05) is 24.9 Å². The average Bonchev–Trinajstić information content (AvgIpc) is 2.88. The van der Waals surface area contributed by atoms with Crippen LogP contribution in [-0.4, -0.2) is 18.2 Å². The Kier molecular flexibility index (Phi) is 3.68. The molecule has 0 fully saturated rings. The highest BCUT2D eigenvalue weighted by Crippen LogP contribution is 2.41. The van der Waals surface area contributed by atoms with Crippen LogP contribution in [0.2, 0.25) is 0 Å². The maximum absolute atomic E-state index is 4.35. The van der Waals surface area contributed by atoms with E-state index in [2.05, 4.69) is 95.8 Å². The van der Waals surface area contributed by atoms with E-state index in [1.54, 1.807) is 0 Å². The molecule has 0 aliphatic carbocycles. The standard InChI is InChI=1S/C21H23N4/c1-15-8-5-6-9-17(15)18-10-7-11-21(24(18)4)25-16(2)23(3)19-12-13-22-14-20(19)25/h5-14,16H,1-4H3/q+1/t16-/m1/s1.